The summed E-state index contributed by atoms with van der Waals surface area (Å²) in [5, 5.41) is 0. The lowest BCUT2D eigenvalue weighted by Gasteiger charge is -2.00. The van der Waals surface area contributed by atoms with Crippen molar-refractivity contribution in [3.8, 4) is 0 Å². The average molecular weight is 226 g/mol. The number of ketones is 1. The maximum Gasteiger partial charge on any atom is 0.305 e. The minimum absolute atomic E-state index is 0.152. The third-order valence-corrected chi connectivity index (χ3v) is 2.23. The van der Waals surface area contributed by atoms with Crippen LogP contribution in [0.5, 0.6) is 0 Å². The van der Waals surface area contributed by atoms with Gasteiger partial charge in [-0.05, 0) is 32.8 Å². The van der Waals surface area contributed by atoms with Crippen LogP contribution in [0.4, 0.5) is 0 Å². The molecule has 0 aromatic heterocycles. The molecule has 0 heterocycles. The number of esters is 1. The number of methoxy groups -OCH3 is 1. The predicted molar refractivity (Wildman–Crippen MR) is 64.2 cm³/mol. The van der Waals surface area contributed by atoms with Gasteiger partial charge in [-0.3, -0.25) is 9.59 Å². The van der Waals surface area contributed by atoms with E-state index in [1.165, 1.54) is 7.11 Å². The molecule has 0 aliphatic rings. The molecule has 0 saturated heterocycles. The minimum atomic E-state index is -0.152. The summed E-state index contributed by atoms with van der Waals surface area (Å²) in [6, 6.07) is 0. The third kappa shape index (κ3) is 9.44. The lowest BCUT2D eigenvalue weighted by molar-refractivity contribution is -0.140. The van der Waals surface area contributed by atoms with Crippen LogP contribution in [0.15, 0.2) is 11.6 Å². The van der Waals surface area contributed by atoms with E-state index in [1.807, 2.05) is 13.8 Å². The zero-order chi connectivity index (χ0) is 12.4. The molecule has 0 aromatic rings. The largest absolute Gasteiger partial charge is 0.469 e. The molecule has 0 saturated carbocycles. The predicted octanol–water partition coefficient (Wildman–Crippen LogP) is 3.04. The Morgan fingerprint density at radius 1 is 1.00 bits per heavy atom. The fourth-order valence-electron chi connectivity index (χ4n) is 1.42. The Morgan fingerprint density at radius 2 is 1.56 bits per heavy atom. The highest BCUT2D eigenvalue weighted by Gasteiger charge is 2.00. The molecular weight excluding hydrogens is 204 g/mol. The number of carbonyl (C=O) groups excluding carboxylic acids is 2. The highest BCUT2D eigenvalue weighted by molar-refractivity contribution is 5.90. The molecule has 0 aliphatic heterocycles. The second-order valence-corrected chi connectivity index (χ2v) is 4.18. The van der Waals surface area contributed by atoms with Gasteiger partial charge in [0.1, 0.15) is 0 Å². The number of allylic oxidation sites excluding steroid dienone is 2. The summed E-state index contributed by atoms with van der Waals surface area (Å²) in [7, 11) is 1.40. The van der Waals surface area contributed by atoms with Crippen molar-refractivity contribution in [2.45, 2.75) is 52.4 Å². The van der Waals surface area contributed by atoms with Crippen molar-refractivity contribution >= 4 is 11.8 Å². The topological polar surface area (TPSA) is 43.4 Å². The molecular formula is C13H22O3. The van der Waals surface area contributed by atoms with Gasteiger partial charge >= 0.3 is 5.97 Å². The number of ether oxygens (including phenoxy) is 1. The van der Waals surface area contributed by atoms with E-state index < -0.39 is 0 Å². The van der Waals surface area contributed by atoms with Gasteiger partial charge in [-0.25, -0.2) is 0 Å². The smallest absolute Gasteiger partial charge is 0.305 e. The van der Waals surface area contributed by atoms with Crippen molar-refractivity contribution in [1.29, 1.82) is 0 Å². The summed E-state index contributed by atoms with van der Waals surface area (Å²) >= 11 is 0. The summed E-state index contributed by atoms with van der Waals surface area (Å²) in [6.07, 6.45) is 6.53. The van der Waals surface area contributed by atoms with Gasteiger partial charge in [-0.2, -0.15) is 0 Å². The first-order chi connectivity index (χ1) is 7.56. The Morgan fingerprint density at radius 3 is 2.06 bits per heavy atom. The van der Waals surface area contributed by atoms with E-state index in [2.05, 4.69) is 4.74 Å². The van der Waals surface area contributed by atoms with Crippen LogP contribution in [0.2, 0.25) is 0 Å². The maximum absolute atomic E-state index is 11.3. The van der Waals surface area contributed by atoms with Crippen LogP contribution in [-0.2, 0) is 14.3 Å². The SMILES string of the molecule is COC(=O)CCCCCCC(=O)C=C(C)C. The molecule has 0 amide bonds. The molecule has 0 aliphatic carbocycles. The summed E-state index contributed by atoms with van der Waals surface area (Å²) < 4.78 is 4.54. The molecule has 16 heavy (non-hydrogen) atoms. The number of unbranched alkanes of at least 4 members (excludes halogenated alkanes) is 3. The van der Waals surface area contributed by atoms with E-state index >= 15 is 0 Å². The van der Waals surface area contributed by atoms with Crippen LogP contribution in [0.1, 0.15) is 52.4 Å². The van der Waals surface area contributed by atoms with Gasteiger partial charge < -0.3 is 4.74 Å². The fourth-order valence-corrected chi connectivity index (χ4v) is 1.42. The Labute approximate surface area is 97.9 Å². The van der Waals surface area contributed by atoms with E-state index in [4.69, 9.17) is 0 Å². The lowest BCUT2D eigenvalue weighted by atomic mass is 10.1. The van der Waals surface area contributed by atoms with Crippen LogP contribution in [-0.4, -0.2) is 18.9 Å². The summed E-state index contributed by atoms with van der Waals surface area (Å²) in [5.74, 6) is 0.0496. The molecule has 0 spiro atoms. The highest BCUT2D eigenvalue weighted by Crippen LogP contribution is 2.07. The van der Waals surface area contributed by atoms with Crippen LogP contribution < -0.4 is 0 Å². The number of hydrogen-bond acceptors (Lipinski definition) is 3. The van der Waals surface area contributed by atoms with Crippen LogP contribution in [0, 0.1) is 0 Å². The molecule has 0 fully saturated rings. The van der Waals surface area contributed by atoms with E-state index in [9.17, 15) is 9.59 Å². The van der Waals surface area contributed by atoms with Crippen LogP contribution in [0.3, 0.4) is 0 Å². The number of hydrogen-bond donors (Lipinski definition) is 0. The zero-order valence-corrected chi connectivity index (χ0v) is 10.5. The molecule has 3 nitrogen and oxygen atoms in total. The van der Waals surface area contributed by atoms with Crippen molar-refractivity contribution in [2.24, 2.45) is 0 Å². The Kier molecular flexibility index (Phi) is 8.49. The summed E-state index contributed by atoms with van der Waals surface area (Å²) in [6.45, 7) is 3.85. The van der Waals surface area contributed by atoms with Gasteiger partial charge in [0.15, 0.2) is 5.78 Å². The average Bonchev–Trinajstić information content (AvgIpc) is 2.21. The second-order valence-electron chi connectivity index (χ2n) is 4.18. The Hall–Kier alpha value is -1.12. The molecule has 92 valence electrons. The van der Waals surface area contributed by atoms with Crippen molar-refractivity contribution in [3.63, 3.8) is 0 Å². The number of carbonyl (C=O) groups is 2. The molecule has 0 rings (SSSR count). The molecule has 0 N–H and O–H groups in total. The monoisotopic (exact) mass is 226 g/mol. The van der Waals surface area contributed by atoms with Gasteiger partial charge in [0.25, 0.3) is 0 Å². The molecule has 0 bridgehead atoms. The lowest BCUT2D eigenvalue weighted by Crippen LogP contribution is -1.99. The standard InChI is InChI=1S/C13H22O3/c1-11(2)10-12(14)8-6-4-5-7-9-13(15)16-3/h10H,4-9H2,1-3H3. The van der Waals surface area contributed by atoms with Crippen molar-refractivity contribution in [1.82, 2.24) is 0 Å². The van der Waals surface area contributed by atoms with Crippen LogP contribution in [0.25, 0.3) is 0 Å². The molecule has 0 radical (unpaired) electrons. The first kappa shape index (κ1) is 14.9. The zero-order valence-electron chi connectivity index (χ0n) is 10.5. The first-order valence-corrected chi connectivity index (χ1v) is 5.81. The third-order valence-electron chi connectivity index (χ3n) is 2.23. The molecule has 3 heteroatoms. The van der Waals surface area contributed by atoms with Gasteiger partial charge in [0.2, 0.25) is 0 Å². The van der Waals surface area contributed by atoms with Crippen molar-refractivity contribution in [3.05, 3.63) is 11.6 Å². The quantitative estimate of drug-likeness (QED) is 0.363. The first-order valence-electron chi connectivity index (χ1n) is 5.81. The van der Waals surface area contributed by atoms with E-state index in [0.717, 1.165) is 31.3 Å². The van der Waals surface area contributed by atoms with Gasteiger partial charge in [-0.1, -0.05) is 18.4 Å². The van der Waals surface area contributed by atoms with Gasteiger partial charge in [0, 0.05) is 12.8 Å². The van der Waals surface area contributed by atoms with Crippen molar-refractivity contribution in [2.75, 3.05) is 7.11 Å². The number of rotatable bonds is 8. The van der Waals surface area contributed by atoms with E-state index in [-0.39, 0.29) is 11.8 Å². The molecule has 0 unspecified atom stereocenters. The van der Waals surface area contributed by atoms with Gasteiger partial charge in [-0.15, -0.1) is 0 Å². The highest BCUT2D eigenvalue weighted by atomic mass is 16.5. The maximum atomic E-state index is 11.3. The normalized spacial score (nSPS) is 9.69. The van der Waals surface area contributed by atoms with Crippen LogP contribution >= 0.6 is 0 Å². The summed E-state index contributed by atoms with van der Waals surface area (Å²) in [5.41, 5.74) is 1.05. The molecule has 0 atom stereocenters. The van der Waals surface area contributed by atoms with E-state index in [0.29, 0.717) is 12.8 Å². The van der Waals surface area contributed by atoms with Crippen molar-refractivity contribution < 1.29 is 14.3 Å². The Bertz CT molecular complexity index is 250. The Balaban J connectivity index is 3.37. The fraction of sp³-hybridized carbons (Fsp3) is 0.692. The molecule has 0 aromatic carbocycles. The minimum Gasteiger partial charge on any atom is -0.469 e. The summed E-state index contributed by atoms with van der Waals surface area (Å²) in [4.78, 5) is 22.1. The second kappa shape index (κ2) is 9.13. The van der Waals surface area contributed by atoms with E-state index in [1.54, 1.807) is 6.08 Å². The van der Waals surface area contributed by atoms with Gasteiger partial charge in [0.05, 0.1) is 7.11 Å².